The molecule has 1 atom stereocenters. The van der Waals surface area contributed by atoms with E-state index in [1.54, 1.807) is 0 Å². The maximum atomic E-state index is 12.0. The molecule has 0 saturated heterocycles. The minimum Gasteiger partial charge on any atom is -0.507 e. The molecule has 1 aromatic rings. The summed E-state index contributed by atoms with van der Waals surface area (Å²) in [4.78, 5) is 0. The molecule has 0 fully saturated rings. The molecule has 6 heteroatoms. The molecule has 1 aromatic carbocycles. The van der Waals surface area contributed by atoms with E-state index in [9.17, 15) is 13.2 Å². The van der Waals surface area contributed by atoms with Crippen LogP contribution in [0.1, 0.15) is 5.56 Å². The van der Waals surface area contributed by atoms with Crippen molar-refractivity contribution in [2.75, 3.05) is 0 Å². The third-order valence-electron chi connectivity index (χ3n) is 1.82. The van der Waals surface area contributed by atoms with Crippen LogP contribution in [0.25, 0.3) is 0 Å². The molecule has 0 saturated carbocycles. The Balaban J connectivity index is 2.78. The number of aromatic hydroxyl groups is 1. The number of hydrogen-bond acceptors (Lipinski definition) is 2. The van der Waals surface area contributed by atoms with Crippen molar-refractivity contribution >= 4 is 15.9 Å². The van der Waals surface area contributed by atoms with Crippen LogP contribution in [0.15, 0.2) is 22.7 Å². The molecule has 1 rings (SSSR count). The first-order chi connectivity index (χ1) is 6.80. The molecule has 1 unspecified atom stereocenters. The molecule has 2 N–H and O–H groups in total. The SMILES string of the molecule is Oc1ccc(CC(O)C(F)(F)F)cc1Br. The first kappa shape index (κ1) is 12.3. The normalized spacial score (nSPS) is 13.9. The van der Waals surface area contributed by atoms with Gasteiger partial charge in [-0.05, 0) is 33.6 Å². The Morgan fingerprint density at radius 1 is 1.33 bits per heavy atom. The molecule has 0 radical (unpaired) electrons. The van der Waals surface area contributed by atoms with Crippen LogP contribution in [0.4, 0.5) is 13.2 Å². The number of alkyl halides is 3. The van der Waals surface area contributed by atoms with Gasteiger partial charge < -0.3 is 10.2 Å². The summed E-state index contributed by atoms with van der Waals surface area (Å²) in [6.07, 6.45) is -7.53. The van der Waals surface area contributed by atoms with Crippen molar-refractivity contribution in [3.05, 3.63) is 28.2 Å². The van der Waals surface area contributed by atoms with Gasteiger partial charge in [0.25, 0.3) is 0 Å². The van der Waals surface area contributed by atoms with Gasteiger partial charge in [0.1, 0.15) is 5.75 Å². The minimum atomic E-state index is -4.62. The maximum absolute atomic E-state index is 12.0. The molecule has 0 amide bonds. The van der Waals surface area contributed by atoms with E-state index >= 15 is 0 Å². The van der Waals surface area contributed by atoms with Gasteiger partial charge in [-0.2, -0.15) is 13.2 Å². The van der Waals surface area contributed by atoms with Crippen molar-refractivity contribution < 1.29 is 23.4 Å². The van der Waals surface area contributed by atoms with E-state index < -0.39 is 18.7 Å². The fourth-order valence-corrected chi connectivity index (χ4v) is 1.44. The quantitative estimate of drug-likeness (QED) is 0.877. The van der Waals surface area contributed by atoms with E-state index in [1.807, 2.05) is 0 Å². The van der Waals surface area contributed by atoms with Gasteiger partial charge in [0.15, 0.2) is 6.10 Å². The highest BCUT2D eigenvalue weighted by Crippen LogP contribution is 2.27. The van der Waals surface area contributed by atoms with Crippen LogP contribution < -0.4 is 0 Å². The van der Waals surface area contributed by atoms with Gasteiger partial charge in [0, 0.05) is 6.42 Å². The van der Waals surface area contributed by atoms with Crippen LogP contribution >= 0.6 is 15.9 Å². The van der Waals surface area contributed by atoms with E-state index in [0.717, 1.165) is 0 Å². The number of halogens is 4. The second-order valence-electron chi connectivity index (χ2n) is 3.05. The fraction of sp³-hybridized carbons (Fsp3) is 0.333. The first-order valence-electron chi connectivity index (χ1n) is 4.03. The largest absolute Gasteiger partial charge is 0.507 e. The van der Waals surface area contributed by atoms with E-state index in [2.05, 4.69) is 15.9 Å². The Hall–Kier alpha value is -0.750. The van der Waals surface area contributed by atoms with E-state index in [0.29, 0.717) is 10.0 Å². The number of aliphatic hydroxyl groups is 1. The highest BCUT2D eigenvalue weighted by atomic mass is 79.9. The maximum Gasteiger partial charge on any atom is 0.414 e. The van der Waals surface area contributed by atoms with Crippen LogP contribution in [0.3, 0.4) is 0 Å². The third-order valence-corrected chi connectivity index (χ3v) is 2.45. The highest BCUT2D eigenvalue weighted by molar-refractivity contribution is 9.10. The minimum absolute atomic E-state index is 0.0553. The van der Waals surface area contributed by atoms with Gasteiger partial charge in [-0.15, -0.1) is 0 Å². The van der Waals surface area contributed by atoms with E-state index in [1.165, 1.54) is 18.2 Å². The van der Waals surface area contributed by atoms with Crippen LogP contribution in [0, 0.1) is 0 Å². The summed E-state index contributed by atoms with van der Waals surface area (Å²) in [6, 6.07) is 3.93. The standard InChI is InChI=1S/C9H8BrF3O2/c10-6-3-5(1-2-7(6)14)4-8(15)9(11,12)13/h1-3,8,14-15H,4H2. The van der Waals surface area contributed by atoms with Crippen LogP contribution in [-0.4, -0.2) is 22.5 Å². The summed E-state index contributed by atoms with van der Waals surface area (Å²) in [6.45, 7) is 0. The predicted molar refractivity (Wildman–Crippen MR) is 51.6 cm³/mol. The number of phenols is 1. The number of benzene rings is 1. The lowest BCUT2D eigenvalue weighted by atomic mass is 10.1. The second-order valence-corrected chi connectivity index (χ2v) is 3.90. The lowest BCUT2D eigenvalue weighted by molar-refractivity contribution is -0.203. The number of rotatable bonds is 2. The van der Waals surface area contributed by atoms with Crippen molar-refractivity contribution in [1.29, 1.82) is 0 Å². The monoisotopic (exact) mass is 284 g/mol. The Morgan fingerprint density at radius 3 is 2.40 bits per heavy atom. The molecule has 15 heavy (non-hydrogen) atoms. The van der Waals surface area contributed by atoms with Gasteiger partial charge in [-0.25, -0.2) is 0 Å². The van der Waals surface area contributed by atoms with Crippen LogP contribution in [0.5, 0.6) is 5.75 Å². The number of phenolic OH excluding ortho intramolecular Hbond substituents is 1. The van der Waals surface area contributed by atoms with Crippen LogP contribution in [0.2, 0.25) is 0 Å². The average molecular weight is 285 g/mol. The van der Waals surface area contributed by atoms with Gasteiger partial charge in [0.05, 0.1) is 4.47 Å². The molecule has 0 aliphatic rings. The molecule has 2 nitrogen and oxygen atoms in total. The second kappa shape index (κ2) is 4.40. The Morgan fingerprint density at radius 2 is 1.93 bits per heavy atom. The van der Waals surface area contributed by atoms with Crippen molar-refractivity contribution in [3.8, 4) is 5.75 Å². The Bertz CT molecular complexity index is 352. The predicted octanol–water partition coefficient (Wildman–Crippen LogP) is 2.62. The van der Waals surface area contributed by atoms with Gasteiger partial charge in [-0.1, -0.05) is 6.07 Å². The topological polar surface area (TPSA) is 40.5 Å². The summed E-state index contributed by atoms with van der Waals surface area (Å²) in [7, 11) is 0. The van der Waals surface area contributed by atoms with Crippen LogP contribution in [-0.2, 0) is 6.42 Å². The lowest BCUT2D eigenvalue weighted by Gasteiger charge is -2.14. The Labute approximate surface area is 92.5 Å². The van der Waals surface area contributed by atoms with Crippen molar-refractivity contribution in [2.45, 2.75) is 18.7 Å². The third kappa shape index (κ3) is 3.39. The van der Waals surface area contributed by atoms with Crippen molar-refractivity contribution in [1.82, 2.24) is 0 Å². The zero-order chi connectivity index (χ0) is 11.6. The van der Waals surface area contributed by atoms with Crippen molar-refractivity contribution in [3.63, 3.8) is 0 Å². The molecule has 0 aliphatic carbocycles. The summed E-state index contributed by atoms with van der Waals surface area (Å²) < 4.78 is 36.3. The van der Waals surface area contributed by atoms with Gasteiger partial charge in [0.2, 0.25) is 0 Å². The molecule has 84 valence electrons. The zero-order valence-corrected chi connectivity index (χ0v) is 9.01. The van der Waals surface area contributed by atoms with Gasteiger partial charge in [-0.3, -0.25) is 0 Å². The highest BCUT2D eigenvalue weighted by Gasteiger charge is 2.37. The van der Waals surface area contributed by atoms with E-state index in [-0.39, 0.29) is 5.75 Å². The van der Waals surface area contributed by atoms with Gasteiger partial charge >= 0.3 is 6.18 Å². The molecule has 0 spiro atoms. The molecular weight excluding hydrogens is 277 g/mol. The Kier molecular flexibility index (Phi) is 3.62. The van der Waals surface area contributed by atoms with Crippen molar-refractivity contribution in [2.24, 2.45) is 0 Å². The average Bonchev–Trinajstić information content (AvgIpc) is 2.10. The first-order valence-corrected chi connectivity index (χ1v) is 4.82. The smallest absolute Gasteiger partial charge is 0.414 e. The number of hydrogen-bond donors (Lipinski definition) is 2. The fourth-order valence-electron chi connectivity index (χ4n) is 1.02. The molecular formula is C9H8BrF3O2. The molecule has 0 bridgehead atoms. The molecule has 0 aliphatic heterocycles. The zero-order valence-electron chi connectivity index (χ0n) is 7.42. The molecule has 0 aromatic heterocycles. The lowest BCUT2D eigenvalue weighted by Crippen LogP contribution is -2.30. The number of aliphatic hydroxyl groups excluding tert-OH is 1. The molecule has 0 heterocycles. The summed E-state index contributed by atoms with van der Waals surface area (Å²) >= 11 is 2.97. The van der Waals surface area contributed by atoms with E-state index in [4.69, 9.17) is 10.2 Å². The summed E-state index contributed by atoms with van der Waals surface area (Å²) in [5.41, 5.74) is 0.296. The summed E-state index contributed by atoms with van der Waals surface area (Å²) in [5, 5.41) is 17.9. The summed E-state index contributed by atoms with van der Waals surface area (Å²) in [5.74, 6) is -0.0553.